The lowest BCUT2D eigenvalue weighted by Gasteiger charge is -2.36. The van der Waals surface area contributed by atoms with Crippen molar-refractivity contribution in [2.75, 3.05) is 31.5 Å². The third-order valence-corrected chi connectivity index (χ3v) is 7.44. The first-order valence-corrected chi connectivity index (χ1v) is 11.5. The average Bonchev–Trinajstić information content (AvgIpc) is 3.17. The maximum Gasteiger partial charge on any atom is 0.245 e. The van der Waals surface area contributed by atoms with Gasteiger partial charge in [0.05, 0.1) is 11.6 Å². The molecule has 4 rings (SSSR count). The number of aromatic nitrogens is 2. The number of carbonyl (C=O) groups is 1. The summed E-state index contributed by atoms with van der Waals surface area (Å²) in [6.07, 6.45) is 1.68. The first kappa shape index (κ1) is 21.4. The highest BCUT2D eigenvalue weighted by atomic mass is 32.2. The van der Waals surface area contributed by atoms with Gasteiger partial charge in [-0.3, -0.25) is 14.7 Å². The maximum atomic E-state index is 13.3. The van der Waals surface area contributed by atoms with Crippen molar-refractivity contribution in [3.63, 3.8) is 0 Å². The summed E-state index contributed by atoms with van der Waals surface area (Å²) in [5, 5.41) is 7.30. The van der Waals surface area contributed by atoms with Crippen molar-refractivity contribution >= 4 is 32.7 Å². The van der Waals surface area contributed by atoms with Crippen molar-refractivity contribution < 1.29 is 17.7 Å². The second-order valence-corrected chi connectivity index (χ2v) is 9.67. The zero-order chi connectivity index (χ0) is 22.2. The number of fused-ring (bicyclic) bond motifs is 1. The normalized spacial score (nSPS) is 17.0. The van der Waals surface area contributed by atoms with Gasteiger partial charge >= 0.3 is 0 Å². The fraction of sp³-hybridized carbons (Fsp3) is 0.381. The number of hydrogen-bond acceptors (Lipinski definition) is 7. The molecule has 0 saturated carbocycles. The Balaban J connectivity index is 1.45. The van der Waals surface area contributed by atoms with Crippen LogP contribution in [-0.2, 0) is 14.8 Å². The molecule has 3 heterocycles. The van der Waals surface area contributed by atoms with Crippen molar-refractivity contribution in [1.82, 2.24) is 19.3 Å². The summed E-state index contributed by atoms with van der Waals surface area (Å²) in [6, 6.07) is 8.35. The second kappa shape index (κ2) is 8.37. The van der Waals surface area contributed by atoms with Gasteiger partial charge in [-0.05, 0) is 38.5 Å². The van der Waals surface area contributed by atoms with Crippen molar-refractivity contribution in [3.8, 4) is 0 Å². The van der Waals surface area contributed by atoms with E-state index in [4.69, 9.17) is 4.52 Å². The number of hydrogen-bond donors (Lipinski definition) is 1. The molecule has 0 bridgehead atoms. The van der Waals surface area contributed by atoms with Gasteiger partial charge in [-0.1, -0.05) is 17.3 Å². The molecular weight excluding hydrogens is 418 g/mol. The Morgan fingerprint density at radius 2 is 1.90 bits per heavy atom. The average molecular weight is 444 g/mol. The largest absolute Gasteiger partial charge is 0.360 e. The summed E-state index contributed by atoms with van der Waals surface area (Å²) >= 11 is 0. The number of carbonyl (C=O) groups excluding carboxylic acids is 1. The minimum atomic E-state index is -3.70. The van der Waals surface area contributed by atoms with Crippen LogP contribution in [0.2, 0.25) is 0 Å². The van der Waals surface area contributed by atoms with Crippen molar-refractivity contribution in [2.45, 2.75) is 31.7 Å². The molecule has 1 saturated heterocycles. The van der Waals surface area contributed by atoms with Crippen molar-refractivity contribution in [1.29, 1.82) is 0 Å². The molecule has 1 N–H and O–H groups in total. The molecule has 31 heavy (non-hydrogen) atoms. The number of rotatable bonds is 5. The van der Waals surface area contributed by atoms with Crippen LogP contribution < -0.4 is 5.32 Å². The molecule has 1 amide bonds. The SMILES string of the molecule is Cc1cnc2c(S(=O)(=O)N3CCN([C@@H](C)C(=O)Nc4cc(C)on4)CC3)cccc2c1. The van der Waals surface area contributed by atoms with Gasteiger partial charge in [-0.2, -0.15) is 4.31 Å². The predicted octanol–water partition coefficient (Wildman–Crippen LogP) is 2.17. The number of para-hydroxylation sites is 1. The second-order valence-electron chi connectivity index (χ2n) is 7.77. The smallest absolute Gasteiger partial charge is 0.245 e. The minimum absolute atomic E-state index is 0.210. The Morgan fingerprint density at radius 3 is 2.58 bits per heavy atom. The van der Waals surface area contributed by atoms with Crippen LogP contribution in [0.3, 0.4) is 0 Å². The zero-order valence-corrected chi connectivity index (χ0v) is 18.5. The Labute approximate surface area is 181 Å². The minimum Gasteiger partial charge on any atom is -0.360 e. The number of anilines is 1. The molecule has 0 aliphatic carbocycles. The molecule has 3 aromatic rings. The van der Waals surface area contributed by atoms with Crippen molar-refractivity contribution in [2.24, 2.45) is 0 Å². The van der Waals surface area contributed by atoms with Crippen LogP contribution in [0.5, 0.6) is 0 Å². The summed E-state index contributed by atoms with van der Waals surface area (Å²) in [7, 11) is -3.70. The van der Waals surface area contributed by atoms with Crippen LogP contribution >= 0.6 is 0 Å². The van der Waals surface area contributed by atoms with E-state index in [1.54, 1.807) is 38.2 Å². The fourth-order valence-corrected chi connectivity index (χ4v) is 5.33. The van der Waals surface area contributed by atoms with Crippen LogP contribution in [0.15, 0.2) is 45.9 Å². The lowest BCUT2D eigenvalue weighted by Crippen LogP contribution is -2.53. The highest BCUT2D eigenvalue weighted by molar-refractivity contribution is 7.89. The van der Waals surface area contributed by atoms with Gasteiger partial charge in [0.25, 0.3) is 0 Å². The van der Waals surface area contributed by atoms with Gasteiger partial charge in [-0.15, -0.1) is 0 Å². The van der Waals surface area contributed by atoms with E-state index in [9.17, 15) is 13.2 Å². The number of amides is 1. The summed E-state index contributed by atoms with van der Waals surface area (Å²) < 4.78 is 33.0. The van der Waals surface area contributed by atoms with E-state index in [2.05, 4.69) is 15.5 Å². The monoisotopic (exact) mass is 443 g/mol. The lowest BCUT2D eigenvalue weighted by atomic mass is 10.2. The molecule has 1 aliphatic rings. The van der Waals surface area contributed by atoms with Gasteiger partial charge < -0.3 is 9.84 Å². The molecule has 9 nitrogen and oxygen atoms in total. The Hall–Kier alpha value is -2.82. The van der Waals surface area contributed by atoms with Gasteiger partial charge in [0.1, 0.15) is 10.7 Å². The quantitative estimate of drug-likeness (QED) is 0.644. The third-order valence-electron chi connectivity index (χ3n) is 5.51. The number of piperazine rings is 1. The summed E-state index contributed by atoms with van der Waals surface area (Å²) in [6.45, 7) is 6.96. The number of pyridine rings is 1. The van der Waals surface area contributed by atoms with Crippen LogP contribution in [0.4, 0.5) is 5.82 Å². The Bertz CT molecular complexity index is 1220. The first-order chi connectivity index (χ1) is 14.8. The molecule has 1 aromatic carbocycles. The van der Waals surface area contributed by atoms with E-state index in [1.807, 2.05) is 24.0 Å². The number of sulfonamides is 1. The first-order valence-electron chi connectivity index (χ1n) is 10.1. The van der Waals surface area contributed by atoms with Crippen molar-refractivity contribution in [3.05, 3.63) is 47.9 Å². The van der Waals surface area contributed by atoms with E-state index in [-0.39, 0.29) is 10.8 Å². The van der Waals surface area contributed by atoms with Gasteiger partial charge in [0, 0.05) is 43.8 Å². The summed E-state index contributed by atoms with van der Waals surface area (Å²) in [5.41, 5.74) is 1.45. The van der Waals surface area contributed by atoms with Crippen LogP contribution in [0.1, 0.15) is 18.2 Å². The van der Waals surface area contributed by atoms with E-state index >= 15 is 0 Å². The zero-order valence-electron chi connectivity index (χ0n) is 17.7. The molecule has 0 radical (unpaired) electrons. The third kappa shape index (κ3) is 4.32. The van der Waals surface area contributed by atoms with E-state index in [0.717, 1.165) is 10.9 Å². The summed E-state index contributed by atoms with van der Waals surface area (Å²) in [5.74, 6) is 0.771. The highest BCUT2D eigenvalue weighted by Crippen LogP contribution is 2.26. The molecule has 164 valence electrons. The predicted molar refractivity (Wildman–Crippen MR) is 116 cm³/mol. The standard InChI is InChI=1S/C21H25N5O4S/c1-14-11-17-5-4-6-18(20(17)22-13-14)31(28,29)26-9-7-25(8-10-26)16(3)21(27)23-19-12-15(2)30-24-19/h4-6,11-13,16H,7-10H2,1-3H3,(H,23,24,27)/t16-/m0/s1. The molecule has 0 unspecified atom stereocenters. The fourth-order valence-electron chi connectivity index (χ4n) is 3.74. The molecule has 1 aliphatic heterocycles. The summed E-state index contributed by atoms with van der Waals surface area (Å²) in [4.78, 5) is 19.1. The number of benzene rings is 1. The molecule has 10 heteroatoms. The maximum absolute atomic E-state index is 13.3. The van der Waals surface area contributed by atoms with Crippen LogP contribution in [0, 0.1) is 13.8 Å². The Kier molecular flexibility index (Phi) is 5.78. The molecule has 2 aromatic heterocycles. The van der Waals surface area contributed by atoms with Gasteiger partial charge in [0.15, 0.2) is 5.82 Å². The number of aryl methyl sites for hydroxylation is 2. The van der Waals surface area contributed by atoms with Crippen LogP contribution in [-0.4, -0.2) is 65.9 Å². The van der Waals surface area contributed by atoms with Gasteiger partial charge in [0.2, 0.25) is 15.9 Å². The van der Waals surface area contributed by atoms with E-state index in [0.29, 0.717) is 43.3 Å². The van der Waals surface area contributed by atoms with E-state index in [1.165, 1.54) is 4.31 Å². The van der Waals surface area contributed by atoms with Crippen LogP contribution in [0.25, 0.3) is 10.9 Å². The number of nitrogens with one attached hydrogen (secondary N) is 1. The highest BCUT2D eigenvalue weighted by Gasteiger charge is 2.33. The van der Waals surface area contributed by atoms with Gasteiger partial charge in [-0.25, -0.2) is 8.42 Å². The topological polar surface area (TPSA) is 109 Å². The number of nitrogens with zero attached hydrogens (tertiary/aromatic N) is 4. The molecule has 1 fully saturated rings. The molecular formula is C21H25N5O4S. The Morgan fingerprint density at radius 1 is 1.16 bits per heavy atom. The molecule has 1 atom stereocenters. The van der Waals surface area contributed by atoms with E-state index < -0.39 is 16.1 Å². The lowest BCUT2D eigenvalue weighted by molar-refractivity contribution is -0.121. The molecule has 0 spiro atoms.